The summed E-state index contributed by atoms with van der Waals surface area (Å²) in [5.41, 5.74) is 1.14. The van der Waals surface area contributed by atoms with Gasteiger partial charge in [-0.3, -0.25) is 4.79 Å². The van der Waals surface area contributed by atoms with Crippen LogP contribution < -0.4 is 5.32 Å². The molecular weight excluding hydrogens is 255 g/mol. The molecule has 1 amide bonds. The van der Waals surface area contributed by atoms with Gasteiger partial charge in [0.1, 0.15) is 5.82 Å². The Morgan fingerprint density at radius 3 is 2.50 bits per heavy atom. The summed E-state index contributed by atoms with van der Waals surface area (Å²) in [6.45, 7) is 7.26. The molecule has 2 unspecified atom stereocenters. The van der Waals surface area contributed by atoms with E-state index in [9.17, 15) is 9.18 Å². The van der Waals surface area contributed by atoms with E-state index in [2.05, 4.69) is 19.2 Å². The van der Waals surface area contributed by atoms with E-state index in [-0.39, 0.29) is 23.8 Å². The minimum Gasteiger partial charge on any atom is -0.336 e. The number of amides is 1. The number of carbonyl (C=O) groups is 1. The molecule has 4 heteroatoms. The van der Waals surface area contributed by atoms with Crippen molar-refractivity contribution >= 4 is 11.5 Å². The lowest BCUT2D eigenvalue weighted by molar-refractivity contribution is -0.127. The molecule has 0 radical (unpaired) electrons. The topological polar surface area (TPSA) is 32.3 Å². The number of nitrogens with one attached hydrogen (secondary N) is 1. The van der Waals surface area contributed by atoms with Crippen molar-refractivity contribution in [2.75, 3.05) is 13.1 Å². The summed E-state index contributed by atoms with van der Waals surface area (Å²) in [5, 5.41) is 3.38. The number of hydrogen-bond acceptors (Lipinski definition) is 2. The van der Waals surface area contributed by atoms with Gasteiger partial charge in [0, 0.05) is 36.8 Å². The average Bonchev–Trinajstić information content (AvgIpc) is 2.37. The van der Waals surface area contributed by atoms with E-state index in [4.69, 9.17) is 0 Å². The zero-order chi connectivity index (χ0) is 14.7. The van der Waals surface area contributed by atoms with Crippen LogP contribution in [-0.4, -0.2) is 36.0 Å². The lowest BCUT2D eigenvalue weighted by Gasteiger charge is -2.35. The Bertz CT molecular complexity index is 517. The van der Waals surface area contributed by atoms with Gasteiger partial charge in [-0.05, 0) is 32.4 Å². The molecule has 0 bridgehead atoms. The second kappa shape index (κ2) is 6.18. The zero-order valence-corrected chi connectivity index (χ0v) is 12.2. The molecule has 20 heavy (non-hydrogen) atoms. The van der Waals surface area contributed by atoms with Crippen LogP contribution >= 0.6 is 0 Å². The molecule has 2 atom stereocenters. The number of carbonyl (C=O) groups excluding carboxylic acids is 1. The maximum Gasteiger partial charge on any atom is 0.246 e. The molecule has 2 rings (SSSR count). The standard InChI is InChI=1S/C16H21FN2O/c1-11(14-6-4-5-7-15(14)17)8-16(20)19-9-12(2)18-13(3)10-19/h4-8,12-13,18H,9-10H2,1-3H3/b11-8-. The number of hydrogen-bond donors (Lipinski definition) is 1. The Hall–Kier alpha value is -1.68. The van der Waals surface area contributed by atoms with E-state index in [0.29, 0.717) is 24.2 Å². The quantitative estimate of drug-likeness (QED) is 0.841. The normalized spacial score (nSPS) is 23.8. The highest BCUT2D eigenvalue weighted by molar-refractivity contribution is 5.95. The molecule has 1 N–H and O–H groups in total. The SMILES string of the molecule is C/C(=C/C(=O)N1CC(C)NC(C)C1)c1ccccc1F. The molecule has 1 aliphatic rings. The summed E-state index contributed by atoms with van der Waals surface area (Å²) in [5.74, 6) is -0.345. The minimum absolute atomic E-state index is 0.0500. The van der Waals surface area contributed by atoms with Crippen molar-refractivity contribution in [3.05, 3.63) is 41.7 Å². The van der Waals surface area contributed by atoms with Crippen LogP contribution in [0.3, 0.4) is 0 Å². The predicted molar refractivity (Wildman–Crippen MR) is 78.7 cm³/mol. The summed E-state index contributed by atoms with van der Waals surface area (Å²) >= 11 is 0. The highest BCUT2D eigenvalue weighted by Gasteiger charge is 2.23. The molecular formula is C16H21FN2O. The third kappa shape index (κ3) is 3.45. The van der Waals surface area contributed by atoms with Crippen LogP contribution in [0.2, 0.25) is 0 Å². The van der Waals surface area contributed by atoms with Crippen molar-refractivity contribution in [3.63, 3.8) is 0 Å². The second-order valence-corrected chi connectivity index (χ2v) is 5.52. The fourth-order valence-corrected chi connectivity index (χ4v) is 2.64. The first-order valence-electron chi connectivity index (χ1n) is 6.95. The largest absolute Gasteiger partial charge is 0.336 e. The van der Waals surface area contributed by atoms with E-state index in [1.807, 2.05) is 4.90 Å². The molecule has 0 saturated carbocycles. The van der Waals surface area contributed by atoms with Crippen LogP contribution in [0.5, 0.6) is 0 Å². The third-order valence-electron chi connectivity index (χ3n) is 3.51. The molecule has 1 heterocycles. The molecule has 108 valence electrons. The fraction of sp³-hybridized carbons (Fsp3) is 0.438. The summed E-state index contributed by atoms with van der Waals surface area (Å²) in [6, 6.07) is 7.08. The molecule has 0 aromatic heterocycles. The first-order valence-corrected chi connectivity index (χ1v) is 6.95. The van der Waals surface area contributed by atoms with Crippen molar-refractivity contribution in [2.45, 2.75) is 32.9 Å². The third-order valence-corrected chi connectivity index (χ3v) is 3.51. The molecule has 1 aromatic carbocycles. The van der Waals surface area contributed by atoms with Gasteiger partial charge in [0.2, 0.25) is 5.91 Å². The van der Waals surface area contributed by atoms with Crippen molar-refractivity contribution in [2.24, 2.45) is 0 Å². The lowest BCUT2D eigenvalue weighted by Crippen LogP contribution is -2.55. The van der Waals surface area contributed by atoms with Gasteiger partial charge in [-0.2, -0.15) is 0 Å². The van der Waals surface area contributed by atoms with Gasteiger partial charge in [0.25, 0.3) is 0 Å². The van der Waals surface area contributed by atoms with E-state index in [1.54, 1.807) is 25.1 Å². The number of piperazine rings is 1. The van der Waals surface area contributed by atoms with Gasteiger partial charge < -0.3 is 10.2 Å². The zero-order valence-electron chi connectivity index (χ0n) is 12.2. The number of nitrogens with zero attached hydrogens (tertiary/aromatic N) is 1. The smallest absolute Gasteiger partial charge is 0.246 e. The van der Waals surface area contributed by atoms with Crippen molar-refractivity contribution in [1.82, 2.24) is 10.2 Å². The van der Waals surface area contributed by atoms with Gasteiger partial charge in [-0.1, -0.05) is 18.2 Å². The monoisotopic (exact) mass is 276 g/mol. The lowest BCUT2D eigenvalue weighted by atomic mass is 10.1. The molecule has 1 saturated heterocycles. The van der Waals surface area contributed by atoms with Crippen LogP contribution in [0.4, 0.5) is 4.39 Å². The van der Waals surface area contributed by atoms with Crippen molar-refractivity contribution < 1.29 is 9.18 Å². The fourth-order valence-electron chi connectivity index (χ4n) is 2.64. The first kappa shape index (κ1) is 14.7. The summed E-state index contributed by atoms with van der Waals surface area (Å²) < 4.78 is 13.7. The van der Waals surface area contributed by atoms with Crippen LogP contribution in [0.15, 0.2) is 30.3 Å². The first-order chi connectivity index (χ1) is 9.47. The second-order valence-electron chi connectivity index (χ2n) is 5.52. The highest BCUT2D eigenvalue weighted by Crippen LogP contribution is 2.18. The number of allylic oxidation sites excluding steroid dienone is 1. The van der Waals surface area contributed by atoms with E-state index in [1.165, 1.54) is 12.1 Å². The van der Waals surface area contributed by atoms with Crippen LogP contribution in [0.25, 0.3) is 5.57 Å². The predicted octanol–water partition coefficient (Wildman–Crippen LogP) is 2.44. The molecule has 1 aliphatic heterocycles. The van der Waals surface area contributed by atoms with Crippen LogP contribution in [-0.2, 0) is 4.79 Å². The van der Waals surface area contributed by atoms with Gasteiger partial charge in [0.15, 0.2) is 0 Å². The van der Waals surface area contributed by atoms with E-state index < -0.39 is 0 Å². The molecule has 1 aromatic rings. The Balaban J connectivity index is 2.14. The van der Waals surface area contributed by atoms with Gasteiger partial charge >= 0.3 is 0 Å². The van der Waals surface area contributed by atoms with Crippen LogP contribution in [0.1, 0.15) is 26.3 Å². The Morgan fingerprint density at radius 1 is 1.30 bits per heavy atom. The number of halogens is 1. The molecule has 0 spiro atoms. The van der Waals surface area contributed by atoms with Gasteiger partial charge in [-0.15, -0.1) is 0 Å². The molecule has 1 fully saturated rings. The maximum atomic E-state index is 13.7. The number of benzene rings is 1. The average molecular weight is 276 g/mol. The maximum absolute atomic E-state index is 13.7. The summed E-state index contributed by atoms with van der Waals surface area (Å²) in [7, 11) is 0. The van der Waals surface area contributed by atoms with Gasteiger partial charge in [0.05, 0.1) is 0 Å². The summed E-state index contributed by atoms with van der Waals surface area (Å²) in [4.78, 5) is 14.1. The Kier molecular flexibility index (Phi) is 4.55. The van der Waals surface area contributed by atoms with E-state index >= 15 is 0 Å². The number of rotatable bonds is 2. The highest BCUT2D eigenvalue weighted by atomic mass is 19.1. The summed E-state index contributed by atoms with van der Waals surface area (Å²) in [6.07, 6.45) is 1.53. The Morgan fingerprint density at radius 2 is 1.90 bits per heavy atom. The Labute approximate surface area is 119 Å². The van der Waals surface area contributed by atoms with Gasteiger partial charge in [-0.25, -0.2) is 4.39 Å². The van der Waals surface area contributed by atoms with Crippen molar-refractivity contribution in [3.8, 4) is 0 Å². The van der Waals surface area contributed by atoms with E-state index in [0.717, 1.165) is 0 Å². The molecule has 3 nitrogen and oxygen atoms in total. The minimum atomic E-state index is -0.295. The van der Waals surface area contributed by atoms with Crippen LogP contribution in [0, 0.1) is 5.82 Å². The molecule has 0 aliphatic carbocycles. The van der Waals surface area contributed by atoms with Crippen molar-refractivity contribution in [1.29, 1.82) is 0 Å².